The van der Waals surface area contributed by atoms with Crippen molar-refractivity contribution in [1.82, 2.24) is 10.1 Å². The van der Waals surface area contributed by atoms with E-state index in [0.717, 1.165) is 0 Å². The van der Waals surface area contributed by atoms with Crippen molar-refractivity contribution in [3.63, 3.8) is 0 Å². The lowest BCUT2D eigenvalue weighted by Gasteiger charge is -2.27. The van der Waals surface area contributed by atoms with Crippen LogP contribution in [-0.4, -0.2) is 21.9 Å². The summed E-state index contributed by atoms with van der Waals surface area (Å²) in [7, 11) is 0. The molecule has 21 heavy (non-hydrogen) atoms. The average molecular weight is 294 g/mol. The molecule has 0 saturated carbocycles. The van der Waals surface area contributed by atoms with E-state index < -0.39 is 5.82 Å². The molecule has 5 nitrogen and oxygen atoms in total. The molecule has 0 saturated heterocycles. The van der Waals surface area contributed by atoms with Crippen molar-refractivity contribution in [2.24, 2.45) is 5.41 Å². The normalized spacial score (nSPS) is 13.4. The van der Waals surface area contributed by atoms with Crippen LogP contribution in [0.15, 0.2) is 22.7 Å². The maximum atomic E-state index is 13.8. The smallest absolute Gasteiger partial charge is 0.264 e. The lowest BCUT2D eigenvalue weighted by Crippen LogP contribution is -2.22. The van der Waals surface area contributed by atoms with Crippen LogP contribution < -0.4 is 0 Å². The molecule has 1 N–H and O–H groups in total. The zero-order chi connectivity index (χ0) is 15.6. The number of hydrogen-bond acceptors (Lipinski definition) is 5. The zero-order valence-electron chi connectivity index (χ0n) is 12.6. The standard InChI is InChI=1S/C15H19FN2O3/c1-5-20-12(15(2,3)4)13-17-14(21-18-13)11-9(16)7-6-8-10(11)19/h6-8,12,19H,5H2,1-4H3. The summed E-state index contributed by atoms with van der Waals surface area (Å²) >= 11 is 0. The van der Waals surface area contributed by atoms with E-state index in [9.17, 15) is 9.50 Å². The predicted octanol–water partition coefficient (Wildman–Crippen LogP) is 3.71. The lowest BCUT2D eigenvalue weighted by molar-refractivity contribution is -0.0203. The van der Waals surface area contributed by atoms with Crippen molar-refractivity contribution < 1.29 is 18.8 Å². The van der Waals surface area contributed by atoms with E-state index in [1.165, 1.54) is 18.2 Å². The van der Waals surface area contributed by atoms with Crippen molar-refractivity contribution in [1.29, 1.82) is 0 Å². The Hall–Kier alpha value is -1.95. The molecule has 0 aliphatic heterocycles. The Labute approximate surface area is 122 Å². The van der Waals surface area contributed by atoms with Gasteiger partial charge in [-0.2, -0.15) is 4.98 Å². The molecule has 0 aliphatic rings. The summed E-state index contributed by atoms with van der Waals surface area (Å²) in [6.45, 7) is 8.34. The minimum atomic E-state index is -0.617. The number of ether oxygens (including phenoxy) is 1. The molecular weight excluding hydrogens is 275 g/mol. The van der Waals surface area contributed by atoms with Crippen LogP contribution in [0.1, 0.15) is 39.6 Å². The Bertz CT molecular complexity index is 599. The SMILES string of the molecule is CCOC(c1noc(-c2c(O)cccc2F)n1)C(C)(C)C. The van der Waals surface area contributed by atoms with E-state index >= 15 is 0 Å². The number of halogens is 1. The van der Waals surface area contributed by atoms with Crippen molar-refractivity contribution in [2.45, 2.75) is 33.8 Å². The third kappa shape index (κ3) is 3.21. The fraction of sp³-hybridized carbons (Fsp3) is 0.467. The largest absolute Gasteiger partial charge is 0.507 e. The minimum Gasteiger partial charge on any atom is -0.507 e. The van der Waals surface area contributed by atoms with E-state index in [-0.39, 0.29) is 28.7 Å². The van der Waals surface area contributed by atoms with Gasteiger partial charge in [-0.3, -0.25) is 0 Å². The number of phenolic OH excluding ortho intramolecular Hbond substituents is 1. The molecule has 2 aromatic rings. The minimum absolute atomic E-state index is 0.0606. The third-order valence-corrected chi connectivity index (χ3v) is 3.00. The van der Waals surface area contributed by atoms with E-state index in [4.69, 9.17) is 9.26 Å². The van der Waals surface area contributed by atoms with Crippen LogP contribution in [0.5, 0.6) is 5.75 Å². The second kappa shape index (κ2) is 5.81. The van der Waals surface area contributed by atoms with Crippen LogP contribution in [0.3, 0.4) is 0 Å². The molecule has 1 heterocycles. The van der Waals surface area contributed by atoms with Gasteiger partial charge in [0.05, 0.1) is 0 Å². The van der Waals surface area contributed by atoms with Gasteiger partial charge in [0.25, 0.3) is 5.89 Å². The molecule has 1 aromatic heterocycles. The van der Waals surface area contributed by atoms with Crippen LogP contribution in [0.25, 0.3) is 11.5 Å². The number of aromatic nitrogens is 2. The summed E-state index contributed by atoms with van der Waals surface area (Å²) in [6.07, 6.45) is -0.381. The fourth-order valence-corrected chi connectivity index (χ4v) is 2.05. The van der Waals surface area contributed by atoms with Gasteiger partial charge >= 0.3 is 0 Å². The molecule has 0 amide bonds. The number of rotatable bonds is 4. The summed E-state index contributed by atoms with van der Waals surface area (Å²) in [4.78, 5) is 4.18. The molecule has 0 bridgehead atoms. The van der Waals surface area contributed by atoms with Crippen LogP contribution in [-0.2, 0) is 4.74 Å². The molecule has 0 spiro atoms. The van der Waals surface area contributed by atoms with Crippen molar-refractivity contribution in [3.8, 4) is 17.2 Å². The maximum absolute atomic E-state index is 13.8. The molecular formula is C15H19FN2O3. The fourth-order valence-electron chi connectivity index (χ4n) is 2.05. The highest BCUT2D eigenvalue weighted by molar-refractivity contribution is 5.62. The number of phenols is 1. The van der Waals surface area contributed by atoms with Gasteiger partial charge in [-0.25, -0.2) is 4.39 Å². The molecule has 0 radical (unpaired) electrons. The first-order valence-electron chi connectivity index (χ1n) is 6.77. The van der Waals surface area contributed by atoms with Crippen LogP contribution in [0.4, 0.5) is 4.39 Å². The van der Waals surface area contributed by atoms with Gasteiger partial charge in [0.2, 0.25) is 5.82 Å². The quantitative estimate of drug-likeness (QED) is 0.931. The van der Waals surface area contributed by atoms with Gasteiger partial charge in [0.1, 0.15) is 23.2 Å². The van der Waals surface area contributed by atoms with E-state index in [0.29, 0.717) is 12.4 Å². The molecule has 114 valence electrons. The topological polar surface area (TPSA) is 68.4 Å². The molecule has 0 aliphatic carbocycles. The first kappa shape index (κ1) is 15.4. The average Bonchev–Trinajstić information content (AvgIpc) is 2.83. The zero-order valence-corrected chi connectivity index (χ0v) is 12.6. The van der Waals surface area contributed by atoms with Gasteiger partial charge in [-0.15, -0.1) is 0 Å². The summed E-state index contributed by atoms with van der Waals surface area (Å²) < 4.78 is 24.6. The first-order valence-corrected chi connectivity index (χ1v) is 6.77. The van der Waals surface area contributed by atoms with E-state index in [2.05, 4.69) is 10.1 Å². The van der Waals surface area contributed by atoms with E-state index in [1.54, 1.807) is 0 Å². The van der Waals surface area contributed by atoms with Crippen LogP contribution in [0, 0.1) is 11.2 Å². The predicted molar refractivity (Wildman–Crippen MR) is 75.2 cm³/mol. The Morgan fingerprint density at radius 3 is 2.67 bits per heavy atom. The highest BCUT2D eigenvalue weighted by Gasteiger charge is 2.32. The third-order valence-electron chi connectivity index (χ3n) is 3.00. The number of aromatic hydroxyl groups is 1. The molecule has 0 fully saturated rings. The van der Waals surface area contributed by atoms with Crippen LogP contribution in [0.2, 0.25) is 0 Å². The van der Waals surface area contributed by atoms with Gasteiger partial charge in [-0.1, -0.05) is 32.0 Å². The highest BCUT2D eigenvalue weighted by atomic mass is 19.1. The molecule has 1 atom stereocenters. The molecule has 2 rings (SSSR count). The van der Waals surface area contributed by atoms with Crippen molar-refractivity contribution >= 4 is 0 Å². The van der Waals surface area contributed by atoms with Crippen LogP contribution >= 0.6 is 0 Å². The van der Waals surface area contributed by atoms with Crippen molar-refractivity contribution in [2.75, 3.05) is 6.61 Å². The van der Waals surface area contributed by atoms with Gasteiger partial charge in [-0.05, 0) is 24.5 Å². The monoisotopic (exact) mass is 294 g/mol. The van der Waals surface area contributed by atoms with Gasteiger partial charge < -0.3 is 14.4 Å². The Balaban J connectivity index is 2.41. The highest BCUT2D eigenvalue weighted by Crippen LogP contribution is 2.37. The molecule has 1 aromatic carbocycles. The second-order valence-corrected chi connectivity index (χ2v) is 5.79. The number of hydrogen-bond donors (Lipinski definition) is 1. The van der Waals surface area contributed by atoms with Gasteiger partial charge in [0, 0.05) is 6.61 Å². The Morgan fingerprint density at radius 2 is 2.10 bits per heavy atom. The summed E-state index contributed by atoms with van der Waals surface area (Å²) in [5.74, 6) is -0.584. The Kier molecular flexibility index (Phi) is 4.27. The second-order valence-electron chi connectivity index (χ2n) is 5.79. The number of nitrogens with zero attached hydrogens (tertiary/aromatic N) is 2. The summed E-state index contributed by atoms with van der Waals surface area (Å²) in [6, 6.07) is 4.00. The summed E-state index contributed by atoms with van der Waals surface area (Å²) in [5.41, 5.74) is -0.338. The summed E-state index contributed by atoms with van der Waals surface area (Å²) in [5, 5.41) is 13.6. The molecule has 1 unspecified atom stereocenters. The maximum Gasteiger partial charge on any atom is 0.264 e. The van der Waals surface area contributed by atoms with E-state index in [1.807, 2.05) is 27.7 Å². The Morgan fingerprint density at radius 1 is 1.38 bits per heavy atom. The molecule has 6 heteroatoms. The lowest BCUT2D eigenvalue weighted by atomic mass is 9.88. The number of benzene rings is 1. The van der Waals surface area contributed by atoms with Gasteiger partial charge in [0.15, 0.2) is 0 Å². The van der Waals surface area contributed by atoms with Crippen molar-refractivity contribution in [3.05, 3.63) is 29.8 Å². The first-order chi connectivity index (χ1) is 9.84.